The fourth-order valence-electron chi connectivity index (χ4n) is 3.70. The third kappa shape index (κ3) is 5.27. The molecule has 0 radical (unpaired) electrons. The molecule has 150 valence electrons. The number of halogens is 1. The number of nitrogens with one attached hydrogen (secondary N) is 1. The zero-order valence-corrected chi connectivity index (χ0v) is 17.5. The molecule has 2 aromatic carbocycles. The maximum Gasteiger partial charge on any atom is 0.258 e. The second kappa shape index (κ2) is 9.94. The molecular weight excluding hydrogens is 372 g/mol. The van der Waals surface area contributed by atoms with Crippen molar-refractivity contribution in [1.82, 2.24) is 10.2 Å². The van der Waals surface area contributed by atoms with Gasteiger partial charge in [-0.3, -0.25) is 9.69 Å². The Hall–Kier alpha value is -2.04. The average molecular weight is 401 g/mol. The van der Waals surface area contributed by atoms with Crippen LogP contribution in [0.25, 0.3) is 0 Å². The van der Waals surface area contributed by atoms with Crippen molar-refractivity contribution in [3.8, 4) is 5.75 Å². The van der Waals surface area contributed by atoms with Crippen LogP contribution in [0.2, 0.25) is 5.02 Å². The van der Waals surface area contributed by atoms with Gasteiger partial charge in [0, 0.05) is 11.6 Å². The molecule has 1 heterocycles. The van der Waals surface area contributed by atoms with E-state index in [2.05, 4.69) is 16.3 Å². The number of benzene rings is 2. The molecule has 1 N–H and O–H groups in total. The van der Waals surface area contributed by atoms with Crippen molar-refractivity contribution in [3.63, 3.8) is 0 Å². The van der Waals surface area contributed by atoms with E-state index in [-0.39, 0.29) is 18.6 Å². The number of ether oxygens (including phenoxy) is 1. The van der Waals surface area contributed by atoms with Crippen LogP contribution in [0.5, 0.6) is 5.75 Å². The second-order valence-corrected chi connectivity index (χ2v) is 7.83. The number of piperidine rings is 1. The van der Waals surface area contributed by atoms with Crippen molar-refractivity contribution in [2.75, 3.05) is 26.2 Å². The molecule has 0 saturated carbocycles. The lowest BCUT2D eigenvalue weighted by Gasteiger charge is -2.35. The quantitative estimate of drug-likeness (QED) is 0.733. The summed E-state index contributed by atoms with van der Waals surface area (Å²) in [6.45, 7) is 6.65. The van der Waals surface area contributed by atoms with Crippen LogP contribution < -0.4 is 10.1 Å². The smallest absolute Gasteiger partial charge is 0.258 e. The average Bonchev–Trinajstić information content (AvgIpc) is 2.71. The normalized spacial score (nSPS) is 15.8. The summed E-state index contributed by atoms with van der Waals surface area (Å²) in [6.07, 6.45) is 3.64. The minimum absolute atomic E-state index is 0.0134. The van der Waals surface area contributed by atoms with Gasteiger partial charge in [0.1, 0.15) is 5.75 Å². The molecule has 1 fully saturated rings. The van der Waals surface area contributed by atoms with Gasteiger partial charge in [-0.05, 0) is 68.6 Å². The summed E-state index contributed by atoms with van der Waals surface area (Å²) in [5.74, 6) is 0.642. The van der Waals surface area contributed by atoms with Crippen molar-refractivity contribution in [3.05, 3.63) is 64.2 Å². The van der Waals surface area contributed by atoms with E-state index in [0.29, 0.717) is 6.54 Å². The van der Waals surface area contributed by atoms with E-state index in [1.807, 2.05) is 50.2 Å². The molecule has 1 atom stereocenters. The van der Waals surface area contributed by atoms with Crippen LogP contribution in [0.15, 0.2) is 42.5 Å². The lowest BCUT2D eigenvalue weighted by molar-refractivity contribution is -0.123. The number of aryl methyl sites for hydroxylation is 1. The van der Waals surface area contributed by atoms with Crippen LogP contribution in [0.3, 0.4) is 0 Å². The van der Waals surface area contributed by atoms with Gasteiger partial charge in [0.15, 0.2) is 6.61 Å². The van der Waals surface area contributed by atoms with E-state index in [1.54, 1.807) is 0 Å². The Bertz CT molecular complexity index is 803. The zero-order valence-electron chi connectivity index (χ0n) is 16.7. The maximum atomic E-state index is 12.4. The number of hydrogen-bond donors (Lipinski definition) is 1. The Kier molecular flexibility index (Phi) is 7.35. The number of carbonyl (C=O) groups excluding carboxylic acids is 1. The summed E-state index contributed by atoms with van der Waals surface area (Å²) in [5, 5.41) is 3.79. The van der Waals surface area contributed by atoms with Crippen LogP contribution in [-0.4, -0.2) is 37.0 Å². The summed E-state index contributed by atoms with van der Waals surface area (Å²) < 4.78 is 5.73. The molecule has 5 heteroatoms. The first-order valence-electron chi connectivity index (χ1n) is 10.0. The lowest BCUT2D eigenvalue weighted by atomic mass is 10.0. The molecular formula is C23H29ClN2O2. The lowest BCUT2D eigenvalue weighted by Crippen LogP contribution is -2.41. The predicted octanol–water partition coefficient (Wildman–Crippen LogP) is 4.68. The van der Waals surface area contributed by atoms with Crippen LogP contribution in [0, 0.1) is 13.8 Å². The molecule has 1 aliphatic rings. The van der Waals surface area contributed by atoms with Gasteiger partial charge in [-0.15, -0.1) is 0 Å². The van der Waals surface area contributed by atoms with Crippen molar-refractivity contribution in [2.24, 2.45) is 0 Å². The van der Waals surface area contributed by atoms with Crippen LogP contribution in [0.1, 0.15) is 42.0 Å². The largest absolute Gasteiger partial charge is 0.483 e. The Morgan fingerprint density at radius 1 is 1.11 bits per heavy atom. The molecule has 0 bridgehead atoms. The molecule has 3 rings (SSSR count). The van der Waals surface area contributed by atoms with Crippen LogP contribution in [-0.2, 0) is 4.79 Å². The molecule has 1 amide bonds. The predicted molar refractivity (Wildman–Crippen MR) is 114 cm³/mol. The van der Waals surface area contributed by atoms with Gasteiger partial charge in [0.2, 0.25) is 0 Å². The SMILES string of the molecule is Cc1cccc(OCC(=O)NC[C@H](c2ccccc2Cl)N2CCCCC2)c1C. The third-order valence-electron chi connectivity index (χ3n) is 5.50. The summed E-state index contributed by atoms with van der Waals surface area (Å²) in [5.41, 5.74) is 3.29. The number of amides is 1. The fourth-order valence-corrected chi connectivity index (χ4v) is 3.96. The van der Waals surface area contributed by atoms with Crippen molar-refractivity contribution in [2.45, 2.75) is 39.2 Å². The summed E-state index contributed by atoms with van der Waals surface area (Å²) in [7, 11) is 0. The molecule has 2 aromatic rings. The molecule has 1 aliphatic heterocycles. The summed E-state index contributed by atoms with van der Waals surface area (Å²) in [4.78, 5) is 14.9. The number of nitrogens with zero attached hydrogens (tertiary/aromatic N) is 1. The number of rotatable bonds is 7. The molecule has 28 heavy (non-hydrogen) atoms. The number of carbonyl (C=O) groups is 1. The minimum Gasteiger partial charge on any atom is -0.483 e. The van der Waals surface area contributed by atoms with Crippen LogP contribution in [0.4, 0.5) is 0 Å². The van der Waals surface area contributed by atoms with E-state index in [1.165, 1.54) is 19.3 Å². The van der Waals surface area contributed by atoms with Gasteiger partial charge < -0.3 is 10.1 Å². The Labute approximate surface area is 172 Å². The molecule has 0 unspecified atom stereocenters. The van der Waals surface area contributed by atoms with Gasteiger partial charge in [0.25, 0.3) is 5.91 Å². The fraction of sp³-hybridized carbons (Fsp3) is 0.435. The number of likely N-dealkylation sites (tertiary alicyclic amines) is 1. The van der Waals surface area contributed by atoms with E-state index >= 15 is 0 Å². The van der Waals surface area contributed by atoms with E-state index in [9.17, 15) is 4.79 Å². The van der Waals surface area contributed by atoms with Gasteiger partial charge in [-0.1, -0.05) is 48.4 Å². The van der Waals surface area contributed by atoms with E-state index in [4.69, 9.17) is 16.3 Å². The standard InChI is InChI=1S/C23H29ClN2O2/c1-17-9-8-12-22(18(17)2)28-16-23(27)25-15-21(26-13-6-3-7-14-26)19-10-4-5-11-20(19)24/h4-5,8-12,21H,3,6-7,13-16H2,1-2H3,(H,25,27)/t21-/m1/s1. The minimum atomic E-state index is -0.116. The highest BCUT2D eigenvalue weighted by molar-refractivity contribution is 6.31. The van der Waals surface area contributed by atoms with Crippen molar-refractivity contribution < 1.29 is 9.53 Å². The highest BCUT2D eigenvalue weighted by Crippen LogP contribution is 2.29. The van der Waals surface area contributed by atoms with E-state index < -0.39 is 0 Å². The molecule has 0 aromatic heterocycles. The van der Waals surface area contributed by atoms with Crippen molar-refractivity contribution in [1.29, 1.82) is 0 Å². The third-order valence-corrected chi connectivity index (χ3v) is 5.85. The Morgan fingerprint density at radius 3 is 2.61 bits per heavy atom. The summed E-state index contributed by atoms with van der Waals surface area (Å²) in [6, 6.07) is 13.9. The monoisotopic (exact) mass is 400 g/mol. The second-order valence-electron chi connectivity index (χ2n) is 7.42. The topological polar surface area (TPSA) is 41.6 Å². The maximum absolute atomic E-state index is 12.4. The molecule has 0 spiro atoms. The first kappa shape index (κ1) is 20.7. The van der Waals surface area contributed by atoms with Gasteiger partial charge in [0.05, 0.1) is 6.04 Å². The highest BCUT2D eigenvalue weighted by Gasteiger charge is 2.24. The molecule has 0 aliphatic carbocycles. The van der Waals surface area contributed by atoms with E-state index in [0.717, 1.165) is 40.6 Å². The highest BCUT2D eigenvalue weighted by atomic mass is 35.5. The van der Waals surface area contributed by atoms with Crippen LogP contribution >= 0.6 is 11.6 Å². The first-order valence-corrected chi connectivity index (χ1v) is 10.4. The Balaban J connectivity index is 1.62. The molecule has 4 nitrogen and oxygen atoms in total. The first-order chi connectivity index (χ1) is 13.6. The Morgan fingerprint density at radius 2 is 1.86 bits per heavy atom. The summed E-state index contributed by atoms with van der Waals surface area (Å²) >= 11 is 6.46. The van der Waals surface area contributed by atoms with Gasteiger partial charge in [-0.2, -0.15) is 0 Å². The van der Waals surface area contributed by atoms with Gasteiger partial charge >= 0.3 is 0 Å². The van der Waals surface area contributed by atoms with Gasteiger partial charge in [-0.25, -0.2) is 0 Å². The zero-order chi connectivity index (χ0) is 19.9. The molecule has 1 saturated heterocycles. The number of hydrogen-bond acceptors (Lipinski definition) is 3. The van der Waals surface area contributed by atoms with Crippen molar-refractivity contribution >= 4 is 17.5 Å².